The topological polar surface area (TPSA) is 42.2 Å². The molecule has 3 aromatic rings. The van der Waals surface area contributed by atoms with Gasteiger partial charge < -0.3 is 9.67 Å². The first-order valence-corrected chi connectivity index (χ1v) is 8.35. The summed E-state index contributed by atoms with van der Waals surface area (Å²) in [5, 5.41) is 12.7. The smallest absolute Gasteiger partial charge is 0.303 e. The number of hydrogen-bond acceptors (Lipinski definition) is 1. The Morgan fingerprint density at radius 3 is 2.54 bits per heavy atom. The fourth-order valence-corrected chi connectivity index (χ4v) is 3.49. The van der Waals surface area contributed by atoms with Crippen LogP contribution < -0.4 is 10.6 Å². The lowest BCUT2D eigenvalue weighted by Gasteiger charge is -2.09. The van der Waals surface area contributed by atoms with Crippen LogP contribution >= 0.6 is 0 Å². The van der Waals surface area contributed by atoms with E-state index in [4.69, 9.17) is 5.11 Å². The molecule has 0 saturated heterocycles. The van der Waals surface area contributed by atoms with Crippen molar-refractivity contribution in [1.29, 1.82) is 0 Å². The van der Waals surface area contributed by atoms with Gasteiger partial charge in [-0.3, -0.25) is 4.79 Å². The molecule has 4 rings (SSSR count). The summed E-state index contributed by atoms with van der Waals surface area (Å²) in [6.45, 7) is 0. The molecule has 120 valence electrons. The molecular weight excluding hydrogens is 298 g/mol. The van der Waals surface area contributed by atoms with Crippen molar-refractivity contribution in [2.24, 2.45) is 0 Å². The van der Waals surface area contributed by atoms with E-state index in [-0.39, 0.29) is 6.42 Å². The van der Waals surface area contributed by atoms with Crippen molar-refractivity contribution < 1.29 is 9.90 Å². The number of aryl methyl sites for hydroxylation is 1. The Labute approximate surface area is 140 Å². The Hall–Kier alpha value is -2.81. The van der Waals surface area contributed by atoms with E-state index in [1.807, 2.05) is 12.1 Å². The van der Waals surface area contributed by atoms with E-state index >= 15 is 0 Å². The number of carboxylic acid groups (broad SMARTS) is 1. The second-order valence-corrected chi connectivity index (χ2v) is 6.20. The van der Waals surface area contributed by atoms with Gasteiger partial charge in [0.1, 0.15) is 0 Å². The molecule has 1 aliphatic carbocycles. The number of aliphatic carboxylic acids is 1. The fourth-order valence-electron chi connectivity index (χ4n) is 3.49. The molecule has 24 heavy (non-hydrogen) atoms. The zero-order valence-corrected chi connectivity index (χ0v) is 13.4. The summed E-state index contributed by atoms with van der Waals surface area (Å²) in [7, 11) is 0. The van der Waals surface area contributed by atoms with Crippen molar-refractivity contribution in [3.05, 3.63) is 64.7 Å². The number of hydrogen-bond donors (Lipinski definition) is 1. The van der Waals surface area contributed by atoms with E-state index in [2.05, 4.69) is 53.1 Å². The molecule has 0 spiro atoms. The summed E-state index contributed by atoms with van der Waals surface area (Å²) in [6, 6.07) is 16.8. The van der Waals surface area contributed by atoms with Gasteiger partial charge in [-0.15, -0.1) is 0 Å². The van der Waals surface area contributed by atoms with Crippen LogP contribution in [0.5, 0.6) is 0 Å². The predicted octanol–water partition coefficient (Wildman–Crippen LogP) is 3.00. The SMILES string of the molecule is O=C(O)CCc1ccc(-n2c3c(c4ccccc42)=CCCC=3)cc1. The standard InChI is InChI=1S/C21H19NO2/c23-21(24)14-11-15-9-12-16(13-10-15)22-19-7-3-1-5-17(19)18-6-2-4-8-20(18)22/h1,3,5-10,12-13H,2,4,11,14H2,(H,23,24). The Bertz CT molecular complexity index is 1030. The third kappa shape index (κ3) is 2.52. The van der Waals surface area contributed by atoms with Gasteiger partial charge in [-0.25, -0.2) is 0 Å². The number of rotatable bonds is 4. The second-order valence-electron chi connectivity index (χ2n) is 6.20. The normalized spacial score (nSPS) is 13.2. The van der Waals surface area contributed by atoms with Gasteiger partial charge in [-0.05, 0) is 43.0 Å². The number of aromatic nitrogens is 1. The maximum Gasteiger partial charge on any atom is 0.303 e. The molecule has 0 atom stereocenters. The predicted molar refractivity (Wildman–Crippen MR) is 96.6 cm³/mol. The van der Waals surface area contributed by atoms with Crippen LogP contribution in [0.15, 0.2) is 48.5 Å². The first-order chi connectivity index (χ1) is 11.7. The molecule has 0 amide bonds. The molecule has 0 unspecified atom stereocenters. The first-order valence-electron chi connectivity index (χ1n) is 8.35. The number of para-hydroxylation sites is 1. The Balaban J connectivity index is 1.84. The summed E-state index contributed by atoms with van der Waals surface area (Å²) in [4.78, 5) is 10.7. The molecule has 1 N–H and O–H groups in total. The Kier molecular flexibility index (Phi) is 3.69. The van der Waals surface area contributed by atoms with Crippen molar-refractivity contribution in [1.82, 2.24) is 4.57 Å². The van der Waals surface area contributed by atoms with Crippen molar-refractivity contribution in [2.45, 2.75) is 25.7 Å². The maximum absolute atomic E-state index is 10.7. The van der Waals surface area contributed by atoms with Crippen LogP contribution in [-0.4, -0.2) is 15.6 Å². The molecule has 0 radical (unpaired) electrons. The lowest BCUT2D eigenvalue weighted by molar-refractivity contribution is -0.136. The van der Waals surface area contributed by atoms with E-state index in [9.17, 15) is 4.79 Å². The summed E-state index contributed by atoms with van der Waals surface area (Å²) < 4.78 is 2.31. The third-order valence-electron chi connectivity index (χ3n) is 4.63. The summed E-state index contributed by atoms with van der Waals surface area (Å²) in [6.07, 6.45) is 7.54. The van der Waals surface area contributed by atoms with Crippen molar-refractivity contribution in [3.63, 3.8) is 0 Å². The minimum absolute atomic E-state index is 0.171. The average molecular weight is 317 g/mol. The molecule has 0 aliphatic heterocycles. The minimum Gasteiger partial charge on any atom is -0.481 e. The van der Waals surface area contributed by atoms with E-state index in [0.29, 0.717) is 6.42 Å². The van der Waals surface area contributed by atoms with Crippen molar-refractivity contribution in [3.8, 4) is 5.69 Å². The maximum atomic E-state index is 10.7. The van der Waals surface area contributed by atoms with Gasteiger partial charge in [-0.1, -0.05) is 42.5 Å². The van der Waals surface area contributed by atoms with Gasteiger partial charge in [0.25, 0.3) is 0 Å². The molecule has 1 heterocycles. The molecule has 2 aromatic carbocycles. The number of carboxylic acids is 1. The zero-order chi connectivity index (χ0) is 16.5. The molecule has 3 nitrogen and oxygen atoms in total. The first kappa shape index (κ1) is 14.8. The lowest BCUT2D eigenvalue weighted by Crippen LogP contribution is -2.30. The van der Waals surface area contributed by atoms with Crippen molar-refractivity contribution >= 4 is 29.0 Å². The molecule has 3 heteroatoms. The fraction of sp³-hybridized carbons (Fsp3) is 0.190. The Morgan fingerprint density at radius 2 is 1.75 bits per heavy atom. The van der Waals surface area contributed by atoms with Crippen LogP contribution in [-0.2, 0) is 11.2 Å². The van der Waals surface area contributed by atoms with Crippen LogP contribution in [0, 0.1) is 0 Å². The van der Waals surface area contributed by atoms with Crippen molar-refractivity contribution in [2.75, 3.05) is 0 Å². The van der Waals surface area contributed by atoms with Crippen LogP contribution in [0.1, 0.15) is 24.8 Å². The van der Waals surface area contributed by atoms with E-state index in [1.165, 1.54) is 21.5 Å². The highest BCUT2D eigenvalue weighted by Crippen LogP contribution is 2.17. The van der Waals surface area contributed by atoms with Crippen LogP contribution in [0.3, 0.4) is 0 Å². The highest BCUT2D eigenvalue weighted by Gasteiger charge is 2.10. The summed E-state index contributed by atoms with van der Waals surface area (Å²) in [5.74, 6) is -0.755. The second kappa shape index (κ2) is 6.00. The zero-order valence-electron chi connectivity index (χ0n) is 13.4. The van der Waals surface area contributed by atoms with E-state index in [0.717, 1.165) is 24.1 Å². The van der Waals surface area contributed by atoms with Crippen LogP contribution in [0.25, 0.3) is 28.7 Å². The quantitative estimate of drug-likeness (QED) is 0.804. The van der Waals surface area contributed by atoms with E-state index in [1.54, 1.807) is 0 Å². The Morgan fingerprint density at radius 1 is 1.00 bits per heavy atom. The number of carbonyl (C=O) groups is 1. The lowest BCUT2D eigenvalue weighted by atomic mass is 10.1. The highest BCUT2D eigenvalue weighted by molar-refractivity contribution is 5.84. The van der Waals surface area contributed by atoms with Crippen LogP contribution in [0.2, 0.25) is 0 Å². The number of fused-ring (bicyclic) bond motifs is 3. The minimum atomic E-state index is -0.755. The third-order valence-corrected chi connectivity index (χ3v) is 4.63. The molecule has 0 fully saturated rings. The van der Waals surface area contributed by atoms with Gasteiger partial charge in [-0.2, -0.15) is 0 Å². The number of benzene rings is 2. The monoisotopic (exact) mass is 317 g/mol. The molecule has 0 bridgehead atoms. The number of nitrogens with zero attached hydrogens (tertiary/aromatic N) is 1. The van der Waals surface area contributed by atoms with Crippen LogP contribution in [0.4, 0.5) is 0 Å². The highest BCUT2D eigenvalue weighted by atomic mass is 16.4. The van der Waals surface area contributed by atoms with Gasteiger partial charge in [0, 0.05) is 28.1 Å². The molecular formula is C21H19NO2. The molecule has 1 aliphatic rings. The van der Waals surface area contributed by atoms with E-state index < -0.39 is 5.97 Å². The molecule has 1 aromatic heterocycles. The van der Waals surface area contributed by atoms with Gasteiger partial charge in [0.05, 0.1) is 5.52 Å². The van der Waals surface area contributed by atoms with Gasteiger partial charge in [0.15, 0.2) is 0 Å². The summed E-state index contributed by atoms with van der Waals surface area (Å²) in [5.41, 5.74) is 3.40. The van der Waals surface area contributed by atoms with Gasteiger partial charge >= 0.3 is 5.97 Å². The molecule has 0 saturated carbocycles. The summed E-state index contributed by atoms with van der Waals surface area (Å²) >= 11 is 0. The average Bonchev–Trinajstić information content (AvgIpc) is 2.95. The largest absolute Gasteiger partial charge is 0.481 e. The van der Waals surface area contributed by atoms with Gasteiger partial charge in [0.2, 0.25) is 0 Å².